The molecule has 28 heavy (non-hydrogen) atoms. The van der Waals surface area contributed by atoms with E-state index in [1.807, 2.05) is 19.1 Å². The van der Waals surface area contributed by atoms with E-state index >= 15 is 0 Å². The number of carbonyl (C=O) groups is 1. The van der Waals surface area contributed by atoms with Crippen LogP contribution in [-0.4, -0.2) is 35.4 Å². The number of phenols is 1. The fourth-order valence-corrected chi connectivity index (χ4v) is 3.83. The highest BCUT2D eigenvalue weighted by Gasteiger charge is 2.19. The molecule has 0 radical (unpaired) electrons. The van der Waals surface area contributed by atoms with E-state index in [0.717, 1.165) is 50.0 Å². The SMILES string of the molecule is CCC(=O)C/C(=C/C1CCN(CCc2ccccc2)CC1)c1ccc(O)cc1. The summed E-state index contributed by atoms with van der Waals surface area (Å²) in [5.74, 6) is 1.04. The van der Waals surface area contributed by atoms with Crippen LogP contribution in [0.2, 0.25) is 0 Å². The molecule has 0 atom stereocenters. The largest absolute Gasteiger partial charge is 0.508 e. The van der Waals surface area contributed by atoms with Crippen molar-refractivity contribution in [2.24, 2.45) is 5.92 Å². The maximum Gasteiger partial charge on any atom is 0.137 e. The standard InChI is InChI=1S/C25H31NO2/c1-2-24(27)19-23(22-8-10-25(28)11-9-22)18-21-13-16-26(17-14-21)15-12-20-6-4-3-5-7-20/h3-11,18,21,28H,2,12-17,19H2,1H3/b23-18-. The average Bonchev–Trinajstić information content (AvgIpc) is 2.74. The van der Waals surface area contributed by atoms with E-state index in [4.69, 9.17) is 0 Å². The van der Waals surface area contributed by atoms with Crippen LogP contribution in [-0.2, 0) is 11.2 Å². The first-order chi connectivity index (χ1) is 13.6. The second-order valence-corrected chi connectivity index (χ2v) is 7.72. The minimum atomic E-state index is 0.261. The van der Waals surface area contributed by atoms with Crippen LogP contribution in [0.5, 0.6) is 5.75 Å². The Morgan fingerprint density at radius 3 is 2.39 bits per heavy atom. The second-order valence-electron chi connectivity index (χ2n) is 7.72. The fourth-order valence-electron chi connectivity index (χ4n) is 3.83. The van der Waals surface area contributed by atoms with Gasteiger partial charge >= 0.3 is 0 Å². The summed E-state index contributed by atoms with van der Waals surface area (Å²) in [6.45, 7) is 5.25. The highest BCUT2D eigenvalue weighted by atomic mass is 16.3. The topological polar surface area (TPSA) is 40.5 Å². The molecule has 1 heterocycles. The van der Waals surface area contributed by atoms with Crippen LogP contribution in [0.15, 0.2) is 60.7 Å². The minimum absolute atomic E-state index is 0.261. The van der Waals surface area contributed by atoms with Gasteiger partial charge in [-0.1, -0.05) is 55.5 Å². The van der Waals surface area contributed by atoms with Crippen molar-refractivity contribution in [3.05, 3.63) is 71.8 Å². The van der Waals surface area contributed by atoms with Gasteiger partial charge in [0, 0.05) is 19.4 Å². The predicted octanol–water partition coefficient (Wildman–Crippen LogP) is 5.10. The minimum Gasteiger partial charge on any atom is -0.508 e. The number of carbonyl (C=O) groups excluding carboxylic acids is 1. The normalized spacial score (nSPS) is 16.2. The van der Waals surface area contributed by atoms with Crippen LogP contribution in [0.3, 0.4) is 0 Å². The third-order valence-electron chi connectivity index (χ3n) is 5.65. The maximum absolute atomic E-state index is 12.1. The molecule has 3 nitrogen and oxygen atoms in total. The number of benzene rings is 2. The van der Waals surface area contributed by atoms with E-state index in [-0.39, 0.29) is 11.5 Å². The number of phenolic OH excluding ortho intramolecular Hbond substituents is 1. The molecule has 0 bridgehead atoms. The number of allylic oxidation sites excluding steroid dienone is 2. The Morgan fingerprint density at radius 2 is 1.75 bits per heavy atom. The van der Waals surface area contributed by atoms with E-state index < -0.39 is 0 Å². The Balaban J connectivity index is 1.59. The van der Waals surface area contributed by atoms with Crippen molar-refractivity contribution in [3.8, 4) is 5.75 Å². The summed E-state index contributed by atoms with van der Waals surface area (Å²) in [5, 5.41) is 9.56. The van der Waals surface area contributed by atoms with Gasteiger partial charge in [-0.2, -0.15) is 0 Å². The molecule has 2 aromatic carbocycles. The van der Waals surface area contributed by atoms with Crippen LogP contribution in [0.1, 0.15) is 43.7 Å². The Labute approximate surface area is 168 Å². The molecule has 0 aliphatic carbocycles. The molecule has 2 aromatic rings. The number of rotatable bonds is 8. The molecule has 0 amide bonds. The Morgan fingerprint density at radius 1 is 1.07 bits per heavy atom. The fraction of sp³-hybridized carbons (Fsp3) is 0.400. The van der Waals surface area contributed by atoms with Crippen molar-refractivity contribution in [2.45, 2.75) is 39.0 Å². The highest BCUT2D eigenvalue weighted by Crippen LogP contribution is 2.27. The lowest BCUT2D eigenvalue weighted by molar-refractivity contribution is -0.117. The number of nitrogens with zero attached hydrogens (tertiary/aromatic N) is 1. The highest BCUT2D eigenvalue weighted by molar-refractivity contribution is 5.90. The van der Waals surface area contributed by atoms with E-state index in [9.17, 15) is 9.90 Å². The molecule has 1 N–H and O–H groups in total. The number of aromatic hydroxyl groups is 1. The first-order valence-corrected chi connectivity index (χ1v) is 10.4. The van der Waals surface area contributed by atoms with Crippen LogP contribution in [0.4, 0.5) is 0 Å². The van der Waals surface area contributed by atoms with E-state index in [0.29, 0.717) is 18.8 Å². The van der Waals surface area contributed by atoms with Gasteiger partial charge in [0.05, 0.1) is 0 Å². The van der Waals surface area contributed by atoms with Crippen molar-refractivity contribution in [3.63, 3.8) is 0 Å². The van der Waals surface area contributed by atoms with Crippen LogP contribution >= 0.6 is 0 Å². The second kappa shape index (κ2) is 10.2. The Bertz CT molecular complexity index is 772. The lowest BCUT2D eigenvalue weighted by Gasteiger charge is -2.31. The van der Waals surface area contributed by atoms with Crippen molar-refractivity contribution < 1.29 is 9.90 Å². The van der Waals surface area contributed by atoms with Gasteiger partial charge in [0.2, 0.25) is 0 Å². The zero-order chi connectivity index (χ0) is 19.8. The number of hydrogen-bond donors (Lipinski definition) is 1. The summed E-state index contributed by atoms with van der Waals surface area (Å²) in [5.41, 5.74) is 3.55. The van der Waals surface area contributed by atoms with Gasteiger partial charge in [-0.05, 0) is 67.1 Å². The molecule has 1 saturated heterocycles. The third kappa shape index (κ3) is 6.07. The predicted molar refractivity (Wildman–Crippen MR) is 115 cm³/mol. The van der Waals surface area contributed by atoms with Gasteiger partial charge in [-0.3, -0.25) is 4.79 Å². The molecule has 3 rings (SSSR count). The number of likely N-dealkylation sites (tertiary alicyclic amines) is 1. The number of ketones is 1. The summed E-state index contributed by atoms with van der Waals surface area (Å²) in [7, 11) is 0. The van der Waals surface area contributed by atoms with Crippen molar-refractivity contribution in [2.75, 3.05) is 19.6 Å². The summed E-state index contributed by atoms with van der Waals surface area (Å²) in [6.07, 6.45) is 6.73. The zero-order valence-corrected chi connectivity index (χ0v) is 16.8. The molecule has 0 aromatic heterocycles. The molecular formula is C25H31NO2. The van der Waals surface area contributed by atoms with E-state index in [2.05, 4.69) is 41.3 Å². The molecule has 0 spiro atoms. The van der Waals surface area contributed by atoms with Crippen LogP contribution in [0, 0.1) is 5.92 Å². The maximum atomic E-state index is 12.1. The molecule has 1 aliphatic heterocycles. The Hall–Kier alpha value is -2.39. The van der Waals surface area contributed by atoms with Crippen LogP contribution in [0.25, 0.3) is 5.57 Å². The summed E-state index contributed by atoms with van der Waals surface area (Å²) >= 11 is 0. The van der Waals surface area contributed by atoms with Gasteiger partial charge in [0.1, 0.15) is 11.5 Å². The van der Waals surface area contributed by atoms with Gasteiger partial charge in [0.25, 0.3) is 0 Å². The molecule has 0 unspecified atom stereocenters. The smallest absolute Gasteiger partial charge is 0.137 e. The van der Waals surface area contributed by atoms with E-state index in [1.165, 1.54) is 5.56 Å². The Kier molecular flexibility index (Phi) is 7.44. The molecule has 0 saturated carbocycles. The monoisotopic (exact) mass is 377 g/mol. The lowest BCUT2D eigenvalue weighted by Crippen LogP contribution is -2.34. The molecular weight excluding hydrogens is 346 g/mol. The summed E-state index contributed by atoms with van der Waals surface area (Å²) < 4.78 is 0. The van der Waals surface area contributed by atoms with Gasteiger partial charge in [-0.15, -0.1) is 0 Å². The summed E-state index contributed by atoms with van der Waals surface area (Å²) in [6, 6.07) is 17.9. The number of hydrogen-bond acceptors (Lipinski definition) is 3. The molecule has 148 valence electrons. The van der Waals surface area contributed by atoms with Gasteiger partial charge < -0.3 is 10.0 Å². The third-order valence-corrected chi connectivity index (χ3v) is 5.65. The number of Topliss-reactive ketones (excluding diaryl/α,β-unsaturated/α-hetero) is 1. The first-order valence-electron chi connectivity index (χ1n) is 10.4. The quantitative estimate of drug-likeness (QED) is 0.696. The van der Waals surface area contributed by atoms with Crippen molar-refractivity contribution >= 4 is 11.4 Å². The van der Waals surface area contributed by atoms with E-state index in [1.54, 1.807) is 12.1 Å². The van der Waals surface area contributed by atoms with Gasteiger partial charge in [0.15, 0.2) is 0 Å². The number of piperidine rings is 1. The summed E-state index contributed by atoms with van der Waals surface area (Å²) in [4.78, 5) is 14.6. The molecule has 1 fully saturated rings. The van der Waals surface area contributed by atoms with Crippen molar-refractivity contribution in [1.29, 1.82) is 0 Å². The van der Waals surface area contributed by atoms with Gasteiger partial charge in [-0.25, -0.2) is 0 Å². The molecule has 1 aliphatic rings. The zero-order valence-electron chi connectivity index (χ0n) is 16.8. The first kappa shape index (κ1) is 20.3. The molecule has 3 heteroatoms. The average molecular weight is 378 g/mol. The van der Waals surface area contributed by atoms with Crippen molar-refractivity contribution in [1.82, 2.24) is 4.90 Å². The lowest BCUT2D eigenvalue weighted by atomic mass is 9.90. The van der Waals surface area contributed by atoms with Crippen LogP contribution < -0.4 is 0 Å².